The summed E-state index contributed by atoms with van der Waals surface area (Å²) in [4.78, 5) is 52.8. The van der Waals surface area contributed by atoms with Crippen LogP contribution in [0.2, 0.25) is 0 Å². The Morgan fingerprint density at radius 2 is 1.82 bits per heavy atom. The van der Waals surface area contributed by atoms with Crippen LogP contribution in [-0.2, 0) is 30.3 Å². The number of ether oxygens (including phenoxy) is 2. The number of rotatable bonds is 8. The van der Waals surface area contributed by atoms with Gasteiger partial charge < -0.3 is 18.8 Å². The van der Waals surface area contributed by atoms with E-state index in [4.69, 9.17) is 4.42 Å². The van der Waals surface area contributed by atoms with Crippen molar-refractivity contribution in [1.29, 1.82) is 0 Å². The van der Waals surface area contributed by atoms with Crippen LogP contribution >= 0.6 is 11.3 Å². The van der Waals surface area contributed by atoms with Gasteiger partial charge in [0.05, 0.1) is 38.2 Å². The molecule has 28 heavy (non-hydrogen) atoms. The highest BCUT2D eigenvalue weighted by Gasteiger charge is 2.22. The van der Waals surface area contributed by atoms with Crippen LogP contribution in [0.4, 0.5) is 5.13 Å². The lowest BCUT2D eigenvalue weighted by Gasteiger charge is -2.19. The maximum absolute atomic E-state index is 12.5. The molecule has 0 aromatic carbocycles. The van der Waals surface area contributed by atoms with Gasteiger partial charge in [-0.2, -0.15) is 0 Å². The first-order valence-electron chi connectivity index (χ1n) is 8.05. The molecule has 0 aliphatic heterocycles. The molecule has 2 aromatic rings. The van der Waals surface area contributed by atoms with E-state index >= 15 is 0 Å². The van der Waals surface area contributed by atoms with E-state index in [0.29, 0.717) is 22.1 Å². The van der Waals surface area contributed by atoms with Gasteiger partial charge in [-0.05, 0) is 13.0 Å². The Morgan fingerprint density at radius 3 is 2.36 bits per heavy atom. The Labute approximate surface area is 164 Å². The van der Waals surface area contributed by atoms with Crippen LogP contribution < -0.4 is 5.32 Å². The zero-order chi connectivity index (χ0) is 20.7. The SMILES string of the molecule is COC(=O)CN(CC(=O)OC)C(=O)Cc1csc(NC(=O)c2ccoc2C)n1. The summed E-state index contributed by atoms with van der Waals surface area (Å²) < 4.78 is 14.2. The van der Waals surface area contributed by atoms with Gasteiger partial charge in [0, 0.05) is 5.38 Å². The molecule has 0 aliphatic rings. The normalized spacial score (nSPS) is 10.2. The Kier molecular flexibility index (Phi) is 7.27. The highest BCUT2D eigenvalue weighted by Crippen LogP contribution is 2.18. The topological polar surface area (TPSA) is 128 Å². The van der Waals surface area contributed by atoms with E-state index in [0.717, 1.165) is 16.2 Å². The number of anilines is 1. The Morgan fingerprint density at radius 1 is 1.18 bits per heavy atom. The summed E-state index contributed by atoms with van der Waals surface area (Å²) in [5.74, 6) is -1.75. The van der Waals surface area contributed by atoms with E-state index in [-0.39, 0.29) is 12.3 Å². The Hall–Kier alpha value is -3.21. The lowest BCUT2D eigenvalue weighted by molar-refractivity contribution is -0.151. The molecule has 0 spiro atoms. The molecule has 2 aromatic heterocycles. The molecule has 0 radical (unpaired) electrons. The van der Waals surface area contributed by atoms with Crippen LogP contribution in [0.15, 0.2) is 22.1 Å². The number of esters is 2. The third kappa shape index (κ3) is 5.64. The summed E-state index contributed by atoms with van der Waals surface area (Å²) in [7, 11) is 2.36. The van der Waals surface area contributed by atoms with Gasteiger partial charge in [0.2, 0.25) is 5.91 Å². The van der Waals surface area contributed by atoms with Crippen molar-refractivity contribution < 1.29 is 33.1 Å². The highest BCUT2D eigenvalue weighted by molar-refractivity contribution is 7.14. The van der Waals surface area contributed by atoms with Crippen molar-refractivity contribution >= 4 is 40.2 Å². The molecule has 2 heterocycles. The second-order valence-electron chi connectivity index (χ2n) is 5.57. The molecule has 10 nitrogen and oxygen atoms in total. The predicted octanol–water partition coefficient (Wildman–Crippen LogP) is 1.01. The van der Waals surface area contributed by atoms with Gasteiger partial charge in [0.15, 0.2) is 5.13 Å². The van der Waals surface area contributed by atoms with E-state index in [1.165, 1.54) is 20.5 Å². The van der Waals surface area contributed by atoms with E-state index in [9.17, 15) is 19.2 Å². The van der Waals surface area contributed by atoms with Crippen LogP contribution in [0.25, 0.3) is 0 Å². The number of furan rings is 1. The minimum atomic E-state index is -0.668. The van der Waals surface area contributed by atoms with Crippen LogP contribution in [0.3, 0.4) is 0 Å². The molecule has 0 unspecified atom stereocenters. The van der Waals surface area contributed by atoms with Gasteiger partial charge in [-0.1, -0.05) is 0 Å². The van der Waals surface area contributed by atoms with E-state index in [1.807, 2.05) is 0 Å². The average Bonchev–Trinajstić information content (AvgIpc) is 3.29. The van der Waals surface area contributed by atoms with Gasteiger partial charge in [-0.25, -0.2) is 4.98 Å². The maximum Gasteiger partial charge on any atom is 0.325 e. The van der Waals surface area contributed by atoms with Crippen molar-refractivity contribution in [2.75, 3.05) is 32.6 Å². The van der Waals surface area contributed by atoms with Crippen molar-refractivity contribution in [1.82, 2.24) is 9.88 Å². The second-order valence-corrected chi connectivity index (χ2v) is 6.43. The standard InChI is InChI=1S/C17H19N3O7S/c1-10-12(4-5-27-10)16(24)19-17-18-11(9-28-17)6-13(21)20(7-14(22)25-2)8-15(23)26-3/h4-5,9H,6-8H2,1-3H3,(H,18,19,24). The van der Waals surface area contributed by atoms with E-state index in [1.54, 1.807) is 18.4 Å². The monoisotopic (exact) mass is 409 g/mol. The molecular formula is C17H19N3O7S. The lowest BCUT2D eigenvalue weighted by atomic mass is 10.2. The van der Waals surface area contributed by atoms with E-state index < -0.39 is 30.9 Å². The first-order chi connectivity index (χ1) is 13.3. The molecule has 0 saturated heterocycles. The van der Waals surface area contributed by atoms with Crippen molar-refractivity contribution in [2.24, 2.45) is 0 Å². The number of thiazole rings is 1. The summed E-state index contributed by atoms with van der Waals surface area (Å²) >= 11 is 1.14. The van der Waals surface area contributed by atoms with Crippen LogP contribution in [0.1, 0.15) is 21.8 Å². The number of nitrogens with zero attached hydrogens (tertiary/aromatic N) is 2. The van der Waals surface area contributed by atoms with Crippen molar-refractivity contribution in [3.05, 3.63) is 34.7 Å². The molecule has 2 amide bonds. The second kappa shape index (κ2) is 9.65. The maximum atomic E-state index is 12.5. The smallest absolute Gasteiger partial charge is 0.325 e. The molecule has 0 atom stereocenters. The first-order valence-corrected chi connectivity index (χ1v) is 8.93. The van der Waals surface area contributed by atoms with Crippen LogP contribution in [-0.4, -0.2) is 60.9 Å². The molecule has 11 heteroatoms. The lowest BCUT2D eigenvalue weighted by Crippen LogP contribution is -2.41. The highest BCUT2D eigenvalue weighted by atomic mass is 32.1. The number of carbonyl (C=O) groups excluding carboxylic acids is 4. The molecule has 150 valence electrons. The van der Waals surface area contributed by atoms with Crippen molar-refractivity contribution in [3.63, 3.8) is 0 Å². The van der Waals surface area contributed by atoms with Crippen LogP contribution in [0.5, 0.6) is 0 Å². The van der Waals surface area contributed by atoms with Crippen LogP contribution in [0, 0.1) is 6.92 Å². The molecule has 0 bridgehead atoms. The summed E-state index contributed by atoms with van der Waals surface area (Å²) in [6, 6.07) is 1.54. The Bertz CT molecular complexity index is 856. The fraction of sp³-hybridized carbons (Fsp3) is 0.353. The minimum absolute atomic E-state index is 0.162. The number of methoxy groups -OCH3 is 2. The zero-order valence-corrected chi connectivity index (χ0v) is 16.3. The number of hydrogen-bond donors (Lipinski definition) is 1. The van der Waals surface area contributed by atoms with Gasteiger partial charge in [0.1, 0.15) is 18.8 Å². The van der Waals surface area contributed by atoms with Gasteiger partial charge >= 0.3 is 11.9 Å². The quantitative estimate of drug-likeness (QED) is 0.640. The largest absolute Gasteiger partial charge is 0.469 e. The molecule has 0 fully saturated rings. The molecule has 1 N–H and O–H groups in total. The Balaban J connectivity index is 2.02. The minimum Gasteiger partial charge on any atom is -0.469 e. The number of hydrogen-bond acceptors (Lipinski definition) is 9. The van der Waals surface area contributed by atoms with Gasteiger partial charge in [-0.3, -0.25) is 24.5 Å². The van der Waals surface area contributed by atoms with E-state index in [2.05, 4.69) is 19.8 Å². The average molecular weight is 409 g/mol. The first kappa shape index (κ1) is 21.1. The fourth-order valence-corrected chi connectivity index (χ4v) is 2.88. The fourth-order valence-electron chi connectivity index (χ4n) is 2.17. The molecular weight excluding hydrogens is 390 g/mol. The molecule has 0 aliphatic carbocycles. The summed E-state index contributed by atoms with van der Waals surface area (Å²) in [5.41, 5.74) is 0.768. The third-order valence-corrected chi connectivity index (χ3v) is 4.46. The summed E-state index contributed by atoms with van der Waals surface area (Å²) in [6.45, 7) is 0.883. The zero-order valence-electron chi connectivity index (χ0n) is 15.5. The molecule has 2 rings (SSSR count). The van der Waals surface area contributed by atoms with Crippen molar-refractivity contribution in [2.45, 2.75) is 13.3 Å². The predicted molar refractivity (Wildman–Crippen MR) is 97.8 cm³/mol. The van der Waals surface area contributed by atoms with Gasteiger partial charge in [0.25, 0.3) is 5.91 Å². The number of nitrogens with one attached hydrogen (secondary N) is 1. The number of carbonyl (C=O) groups is 4. The number of aromatic nitrogens is 1. The van der Waals surface area contributed by atoms with Crippen molar-refractivity contribution in [3.8, 4) is 0 Å². The molecule has 0 saturated carbocycles. The number of amides is 2. The van der Waals surface area contributed by atoms with Gasteiger partial charge in [-0.15, -0.1) is 11.3 Å². The number of aryl methyl sites for hydroxylation is 1. The summed E-state index contributed by atoms with van der Waals surface area (Å²) in [5, 5.41) is 4.53. The summed E-state index contributed by atoms with van der Waals surface area (Å²) in [6.07, 6.45) is 1.25. The third-order valence-electron chi connectivity index (χ3n) is 3.66.